The lowest BCUT2D eigenvalue weighted by Crippen LogP contribution is -2.23. The Morgan fingerprint density at radius 2 is 1.94 bits per heavy atom. The molecule has 1 heterocycles. The van der Waals surface area contributed by atoms with Crippen molar-refractivity contribution >= 4 is 70.8 Å². The second-order valence-corrected chi connectivity index (χ2v) is 9.91. The van der Waals surface area contributed by atoms with Crippen LogP contribution in [0.15, 0.2) is 47.6 Å². The van der Waals surface area contributed by atoms with E-state index in [1.807, 2.05) is 32.9 Å². The predicted octanol–water partition coefficient (Wildman–Crippen LogP) is 5.34. The van der Waals surface area contributed by atoms with Crippen molar-refractivity contribution in [1.29, 1.82) is 0 Å². The molecule has 8 nitrogen and oxygen atoms in total. The van der Waals surface area contributed by atoms with Gasteiger partial charge in [0.25, 0.3) is 11.5 Å². The number of fused-ring (bicyclic) bond motifs is 1. The van der Waals surface area contributed by atoms with Gasteiger partial charge >= 0.3 is 0 Å². The van der Waals surface area contributed by atoms with E-state index in [0.29, 0.717) is 49.3 Å². The number of ether oxygens (including phenoxy) is 2. The fourth-order valence-corrected chi connectivity index (χ4v) is 4.43. The molecule has 1 atom stereocenters. The molecule has 34 heavy (non-hydrogen) atoms. The van der Waals surface area contributed by atoms with Crippen molar-refractivity contribution in [3.63, 3.8) is 0 Å². The summed E-state index contributed by atoms with van der Waals surface area (Å²) in [5, 5.41) is 4.97. The molecule has 0 unspecified atom stereocenters. The minimum Gasteiger partial charge on any atom is -0.490 e. The first-order chi connectivity index (χ1) is 16.2. The van der Waals surface area contributed by atoms with Crippen LogP contribution in [0, 0.1) is 0 Å². The maximum atomic E-state index is 13.3. The number of benzene rings is 2. The summed E-state index contributed by atoms with van der Waals surface area (Å²) in [5.74, 6) is 0.704. The van der Waals surface area contributed by atoms with Gasteiger partial charge in [0.1, 0.15) is 5.82 Å². The SMILES string of the molecule is CCOc1cc(C=Nn2c([C@@H](C)CC)nc3ccc(Br)cc3c2=O)c(Br)c(Br)c1OCC(N)=O. The van der Waals surface area contributed by atoms with Crippen LogP contribution in [0.2, 0.25) is 0 Å². The van der Waals surface area contributed by atoms with Crippen molar-refractivity contribution in [2.45, 2.75) is 33.1 Å². The second kappa shape index (κ2) is 11.5. The van der Waals surface area contributed by atoms with E-state index in [9.17, 15) is 9.59 Å². The molecule has 180 valence electrons. The van der Waals surface area contributed by atoms with Crippen molar-refractivity contribution in [1.82, 2.24) is 9.66 Å². The highest BCUT2D eigenvalue weighted by molar-refractivity contribution is 9.13. The molecule has 0 radical (unpaired) electrons. The molecule has 1 amide bonds. The number of nitrogens with zero attached hydrogens (tertiary/aromatic N) is 3. The van der Waals surface area contributed by atoms with Crippen LogP contribution < -0.4 is 20.8 Å². The van der Waals surface area contributed by atoms with E-state index < -0.39 is 5.91 Å². The molecule has 2 N–H and O–H groups in total. The Balaban J connectivity index is 2.16. The maximum absolute atomic E-state index is 13.3. The summed E-state index contributed by atoms with van der Waals surface area (Å²) in [6.07, 6.45) is 2.34. The van der Waals surface area contributed by atoms with E-state index in [0.717, 1.165) is 10.9 Å². The summed E-state index contributed by atoms with van der Waals surface area (Å²) in [7, 11) is 0. The number of primary amides is 1. The molecule has 3 aromatic rings. The van der Waals surface area contributed by atoms with Gasteiger partial charge in [-0.25, -0.2) is 4.98 Å². The number of halogens is 3. The lowest BCUT2D eigenvalue weighted by Gasteiger charge is -2.16. The molecule has 0 saturated heterocycles. The molecular weight excluding hydrogens is 636 g/mol. The number of hydrogen-bond donors (Lipinski definition) is 1. The van der Waals surface area contributed by atoms with Crippen molar-refractivity contribution in [3.05, 3.63) is 59.4 Å². The topological polar surface area (TPSA) is 109 Å². The monoisotopic (exact) mass is 656 g/mol. The molecule has 0 bridgehead atoms. The van der Waals surface area contributed by atoms with Crippen molar-refractivity contribution in [2.75, 3.05) is 13.2 Å². The number of carbonyl (C=O) groups excluding carboxylic acids is 1. The van der Waals surface area contributed by atoms with Gasteiger partial charge in [0, 0.05) is 20.4 Å². The molecule has 11 heteroatoms. The maximum Gasteiger partial charge on any atom is 0.282 e. The number of carbonyl (C=O) groups is 1. The van der Waals surface area contributed by atoms with E-state index in [2.05, 4.69) is 52.9 Å². The normalized spacial score (nSPS) is 12.3. The number of aromatic nitrogens is 2. The Morgan fingerprint density at radius 1 is 1.21 bits per heavy atom. The Hall–Kier alpha value is -2.24. The summed E-state index contributed by atoms with van der Waals surface area (Å²) in [5.41, 5.74) is 6.19. The van der Waals surface area contributed by atoms with Crippen LogP contribution in [0.4, 0.5) is 0 Å². The van der Waals surface area contributed by atoms with Crippen LogP contribution in [0.25, 0.3) is 10.9 Å². The average molecular weight is 659 g/mol. The van der Waals surface area contributed by atoms with E-state index in [1.165, 1.54) is 4.68 Å². The molecule has 0 aliphatic heterocycles. The van der Waals surface area contributed by atoms with Crippen LogP contribution in [0.5, 0.6) is 11.5 Å². The van der Waals surface area contributed by atoms with Gasteiger partial charge < -0.3 is 15.2 Å². The first-order valence-electron chi connectivity index (χ1n) is 10.5. The van der Waals surface area contributed by atoms with Gasteiger partial charge in [-0.15, -0.1) is 0 Å². The standard InChI is InChI=1S/C23H23Br3N4O4/c1-4-12(3)22-29-16-7-6-14(24)9-15(16)23(32)30(22)28-10-13-8-17(33-5-2)21(20(26)19(13)25)34-11-18(27)31/h6-10,12H,4-5,11H2,1-3H3,(H2,27,31)/t12-/m0/s1. The minimum absolute atomic E-state index is 0.0108. The second-order valence-electron chi connectivity index (χ2n) is 7.41. The number of rotatable bonds is 9. The molecule has 0 fully saturated rings. The Labute approximate surface area is 221 Å². The lowest BCUT2D eigenvalue weighted by molar-refractivity contribution is -0.119. The van der Waals surface area contributed by atoms with Gasteiger partial charge in [-0.05, 0) is 69.5 Å². The predicted molar refractivity (Wildman–Crippen MR) is 143 cm³/mol. The minimum atomic E-state index is -0.608. The zero-order chi connectivity index (χ0) is 25.0. The summed E-state index contributed by atoms with van der Waals surface area (Å²) < 4.78 is 14.5. The molecule has 3 rings (SSSR count). The fourth-order valence-electron chi connectivity index (χ4n) is 3.14. The number of hydrogen-bond acceptors (Lipinski definition) is 6. The Kier molecular flexibility index (Phi) is 8.89. The highest BCUT2D eigenvalue weighted by atomic mass is 79.9. The van der Waals surface area contributed by atoms with Crippen molar-refractivity contribution in [2.24, 2.45) is 10.8 Å². The molecule has 1 aromatic heterocycles. The van der Waals surface area contributed by atoms with Crippen molar-refractivity contribution in [3.8, 4) is 11.5 Å². The largest absolute Gasteiger partial charge is 0.490 e. The Morgan fingerprint density at radius 3 is 2.59 bits per heavy atom. The van der Waals surface area contributed by atoms with Gasteiger partial charge in [-0.2, -0.15) is 9.78 Å². The summed E-state index contributed by atoms with van der Waals surface area (Å²) >= 11 is 10.4. The lowest BCUT2D eigenvalue weighted by atomic mass is 10.1. The van der Waals surface area contributed by atoms with Crippen LogP contribution in [0.3, 0.4) is 0 Å². The van der Waals surface area contributed by atoms with E-state index >= 15 is 0 Å². The highest BCUT2D eigenvalue weighted by Crippen LogP contribution is 2.42. The number of amides is 1. The zero-order valence-corrected chi connectivity index (χ0v) is 23.5. The van der Waals surface area contributed by atoms with Crippen molar-refractivity contribution < 1.29 is 14.3 Å². The van der Waals surface area contributed by atoms with Gasteiger partial charge in [0.2, 0.25) is 0 Å². The van der Waals surface area contributed by atoms with Crippen LogP contribution in [-0.2, 0) is 4.79 Å². The Bertz CT molecular complexity index is 1320. The third-order valence-corrected chi connectivity index (χ3v) is 7.65. The summed E-state index contributed by atoms with van der Waals surface area (Å²) in [6.45, 7) is 5.94. The van der Waals surface area contributed by atoms with Crippen LogP contribution in [-0.4, -0.2) is 35.0 Å². The molecule has 0 aliphatic rings. The van der Waals surface area contributed by atoms with Crippen LogP contribution >= 0.6 is 47.8 Å². The third-order valence-electron chi connectivity index (χ3n) is 5.01. The molecular formula is C23H23Br3N4O4. The molecule has 0 aliphatic carbocycles. The zero-order valence-electron chi connectivity index (χ0n) is 18.8. The smallest absolute Gasteiger partial charge is 0.282 e. The quantitative estimate of drug-likeness (QED) is 0.312. The summed E-state index contributed by atoms with van der Waals surface area (Å²) in [4.78, 5) is 29.3. The third kappa shape index (κ3) is 5.69. The molecule has 0 spiro atoms. The van der Waals surface area contributed by atoms with Gasteiger partial charge in [-0.3, -0.25) is 9.59 Å². The van der Waals surface area contributed by atoms with Gasteiger partial charge in [0.15, 0.2) is 18.1 Å². The molecule has 0 saturated carbocycles. The fraction of sp³-hybridized carbons (Fsp3) is 0.304. The molecule has 2 aromatic carbocycles. The first-order valence-corrected chi connectivity index (χ1v) is 12.9. The van der Waals surface area contributed by atoms with Gasteiger partial charge in [-0.1, -0.05) is 29.8 Å². The van der Waals surface area contributed by atoms with E-state index in [1.54, 1.807) is 18.3 Å². The van der Waals surface area contributed by atoms with E-state index in [4.69, 9.17) is 20.2 Å². The first kappa shape index (κ1) is 26.4. The average Bonchev–Trinajstić information content (AvgIpc) is 2.80. The van der Waals surface area contributed by atoms with Crippen LogP contribution in [0.1, 0.15) is 44.5 Å². The highest BCUT2D eigenvalue weighted by Gasteiger charge is 2.19. The number of nitrogens with two attached hydrogens (primary N) is 1. The summed E-state index contributed by atoms with van der Waals surface area (Å²) in [6, 6.07) is 7.11. The van der Waals surface area contributed by atoms with Gasteiger partial charge in [0.05, 0.1) is 28.2 Å². The van der Waals surface area contributed by atoms with E-state index in [-0.39, 0.29) is 18.1 Å².